The van der Waals surface area contributed by atoms with Gasteiger partial charge in [0.2, 0.25) is 11.8 Å². The van der Waals surface area contributed by atoms with Crippen LogP contribution in [0.4, 0.5) is 5.69 Å². The minimum atomic E-state index is -0.646. The normalized spacial score (nSPS) is 11.8. The van der Waals surface area contributed by atoms with E-state index in [2.05, 4.69) is 33.2 Å². The van der Waals surface area contributed by atoms with E-state index in [1.165, 1.54) is 6.08 Å². The van der Waals surface area contributed by atoms with Crippen LogP contribution in [-0.2, 0) is 9.59 Å². The Morgan fingerprint density at radius 2 is 1.72 bits per heavy atom. The number of carbonyl (C=O) groups is 2. The van der Waals surface area contributed by atoms with Crippen molar-refractivity contribution in [3.8, 4) is 5.75 Å². The number of hydrogen-bond acceptors (Lipinski definition) is 3. The number of benzene rings is 2. The van der Waals surface area contributed by atoms with Crippen molar-refractivity contribution >= 4 is 46.2 Å². The van der Waals surface area contributed by atoms with Crippen molar-refractivity contribution in [3.05, 3.63) is 63.7 Å². The van der Waals surface area contributed by atoms with Gasteiger partial charge in [-0.05, 0) is 77.6 Å². The van der Waals surface area contributed by atoms with Gasteiger partial charge in [0, 0.05) is 15.3 Å². The molecule has 5 nitrogen and oxygen atoms in total. The summed E-state index contributed by atoms with van der Waals surface area (Å²) < 4.78 is 6.16. The van der Waals surface area contributed by atoms with Crippen LogP contribution in [0, 0.1) is 3.57 Å². The molecule has 0 aliphatic heterocycles. The first kappa shape index (κ1) is 19.0. The molecule has 2 rings (SSSR count). The van der Waals surface area contributed by atoms with Gasteiger partial charge in [0.25, 0.3) is 0 Å². The Bertz CT molecular complexity index is 755. The van der Waals surface area contributed by atoms with Crippen LogP contribution in [0.2, 0.25) is 0 Å². The van der Waals surface area contributed by atoms with E-state index >= 15 is 0 Å². The van der Waals surface area contributed by atoms with Gasteiger partial charge in [-0.1, -0.05) is 12.1 Å². The summed E-state index contributed by atoms with van der Waals surface area (Å²) >= 11 is 2.19. The summed E-state index contributed by atoms with van der Waals surface area (Å²) in [5, 5.41) is 5.41. The van der Waals surface area contributed by atoms with Crippen LogP contribution in [0.5, 0.6) is 5.75 Å². The SMILES string of the molecule is COc1ccc(/C=C/C(=O)NC(C)C(=O)Nc2ccc(I)cc2)cc1. The Hall–Kier alpha value is -2.35. The molecule has 0 aromatic heterocycles. The molecule has 0 aliphatic rings. The fourth-order valence-electron chi connectivity index (χ4n) is 2.00. The lowest BCUT2D eigenvalue weighted by atomic mass is 10.2. The zero-order valence-corrected chi connectivity index (χ0v) is 16.1. The van der Waals surface area contributed by atoms with Gasteiger partial charge in [-0.15, -0.1) is 0 Å². The summed E-state index contributed by atoms with van der Waals surface area (Å²) in [4.78, 5) is 24.1. The zero-order chi connectivity index (χ0) is 18.2. The lowest BCUT2D eigenvalue weighted by Gasteiger charge is -2.13. The van der Waals surface area contributed by atoms with Gasteiger partial charge in [0.1, 0.15) is 11.8 Å². The Morgan fingerprint density at radius 3 is 2.32 bits per heavy atom. The quantitative estimate of drug-likeness (QED) is 0.524. The lowest BCUT2D eigenvalue weighted by Crippen LogP contribution is -2.40. The van der Waals surface area contributed by atoms with Crippen LogP contribution in [0.25, 0.3) is 6.08 Å². The number of rotatable bonds is 6. The highest BCUT2D eigenvalue weighted by Gasteiger charge is 2.14. The van der Waals surface area contributed by atoms with E-state index in [9.17, 15) is 9.59 Å². The van der Waals surface area contributed by atoms with Crippen LogP contribution in [-0.4, -0.2) is 25.0 Å². The van der Waals surface area contributed by atoms with Crippen molar-refractivity contribution in [1.29, 1.82) is 0 Å². The summed E-state index contributed by atoms with van der Waals surface area (Å²) in [6, 6.07) is 14.1. The minimum Gasteiger partial charge on any atom is -0.497 e. The van der Waals surface area contributed by atoms with Crippen LogP contribution >= 0.6 is 22.6 Å². The van der Waals surface area contributed by atoms with E-state index in [1.807, 2.05) is 48.5 Å². The predicted octanol–water partition coefficient (Wildman–Crippen LogP) is 3.46. The van der Waals surface area contributed by atoms with E-state index in [0.717, 1.165) is 14.9 Å². The third kappa shape index (κ3) is 6.22. The summed E-state index contributed by atoms with van der Waals surface area (Å²) in [6.07, 6.45) is 3.08. The van der Waals surface area contributed by atoms with Gasteiger partial charge in [-0.2, -0.15) is 0 Å². The molecule has 0 saturated heterocycles. The Kier molecular flexibility index (Phi) is 7.00. The summed E-state index contributed by atoms with van der Waals surface area (Å²) in [6.45, 7) is 1.64. The van der Waals surface area contributed by atoms with E-state index in [-0.39, 0.29) is 11.8 Å². The third-order valence-corrected chi connectivity index (χ3v) is 4.13. The van der Waals surface area contributed by atoms with Crippen molar-refractivity contribution in [3.63, 3.8) is 0 Å². The first-order valence-electron chi connectivity index (χ1n) is 7.67. The summed E-state index contributed by atoms with van der Waals surface area (Å²) in [5.74, 6) is 0.149. The van der Waals surface area contributed by atoms with Crippen LogP contribution < -0.4 is 15.4 Å². The molecule has 25 heavy (non-hydrogen) atoms. The zero-order valence-electron chi connectivity index (χ0n) is 14.0. The topological polar surface area (TPSA) is 67.4 Å². The van der Waals surface area contributed by atoms with Gasteiger partial charge in [-0.25, -0.2) is 0 Å². The molecule has 0 fully saturated rings. The Balaban J connectivity index is 1.86. The molecule has 2 aromatic carbocycles. The average Bonchev–Trinajstić information content (AvgIpc) is 2.62. The summed E-state index contributed by atoms with van der Waals surface area (Å²) in [7, 11) is 1.60. The second-order valence-corrected chi connectivity index (χ2v) is 6.58. The number of ether oxygens (including phenoxy) is 1. The molecule has 0 heterocycles. The number of halogens is 1. The molecule has 130 valence electrons. The standard InChI is InChI=1S/C19H19IN2O3/c1-13(19(24)22-16-8-6-15(20)7-9-16)21-18(23)12-5-14-3-10-17(25-2)11-4-14/h3-13H,1-2H3,(H,21,23)(H,22,24)/b12-5+. The molecular formula is C19H19IN2O3. The molecule has 0 bridgehead atoms. The van der Waals surface area contributed by atoms with Crippen LogP contribution in [0.15, 0.2) is 54.6 Å². The van der Waals surface area contributed by atoms with Crippen molar-refractivity contribution in [1.82, 2.24) is 5.32 Å². The number of amides is 2. The van der Waals surface area contributed by atoms with Crippen molar-refractivity contribution in [2.75, 3.05) is 12.4 Å². The maximum absolute atomic E-state index is 12.1. The molecule has 1 atom stereocenters. The maximum Gasteiger partial charge on any atom is 0.246 e. The van der Waals surface area contributed by atoms with Crippen LogP contribution in [0.3, 0.4) is 0 Å². The number of nitrogens with one attached hydrogen (secondary N) is 2. The molecule has 0 spiro atoms. The molecule has 2 amide bonds. The molecule has 6 heteroatoms. The first-order chi connectivity index (χ1) is 12.0. The molecule has 0 aliphatic carbocycles. The van der Waals surface area contributed by atoms with Gasteiger partial charge in [-0.3, -0.25) is 9.59 Å². The molecule has 0 saturated carbocycles. The second kappa shape index (κ2) is 9.22. The lowest BCUT2D eigenvalue weighted by molar-refractivity contribution is -0.123. The molecular weight excluding hydrogens is 431 g/mol. The van der Waals surface area contributed by atoms with Gasteiger partial charge >= 0.3 is 0 Å². The molecule has 2 aromatic rings. The van der Waals surface area contributed by atoms with Gasteiger partial charge < -0.3 is 15.4 Å². The predicted molar refractivity (Wildman–Crippen MR) is 107 cm³/mol. The number of hydrogen-bond donors (Lipinski definition) is 2. The highest BCUT2D eigenvalue weighted by molar-refractivity contribution is 14.1. The fraction of sp³-hybridized carbons (Fsp3) is 0.158. The maximum atomic E-state index is 12.1. The molecule has 0 radical (unpaired) electrons. The number of anilines is 1. The first-order valence-corrected chi connectivity index (χ1v) is 8.75. The van der Waals surface area contributed by atoms with Crippen molar-refractivity contribution in [2.45, 2.75) is 13.0 Å². The van der Waals surface area contributed by atoms with Gasteiger partial charge in [0.15, 0.2) is 0 Å². The van der Waals surface area contributed by atoms with Crippen molar-refractivity contribution < 1.29 is 14.3 Å². The number of methoxy groups -OCH3 is 1. The Labute approximate surface area is 160 Å². The third-order valence-electron chi connectivity index (χ3n) is 3.41. The second-order valence-electron chi connectivity index (χ2n) is 5.33. The summed E-state index contributed by atoms with van der Waals surface area (Å²) in [5.41, 5.74) is 1.56. The largest absolute Gasteiger partial charge is 0.497 e. The smallest absolute Gasteiger partial charge is 0.246 e. The van der Waals surface area contributed by atoms with E-state index in [1.54, 1.807) is 20.1 Å². The highest BCUT2D eigenvalue weighted by atomic mass is 127. The van der Waals surface area contributed by atoms with Crippen molar-refractivity contribution in [2.24, 2.45) is 0 Å². The van der Waals surface area contributed by atoms with Gasteiger partial charge in [0.05, 0.1) is 7.11 Å². The van der Waals surface area contributed by atoms with Crippen LogP contribution in [0.1, 0.15) is 12.5 Å². The fourth-order valence-corrected chi connectivity index (χ4v) is 2.36. The van der Waals surface area contributed by atoms with E-state index < -0.39 is 6.04 Å². The molecule has 2 N–H and O–H groups in total. The number of carbonyl (C=O) groups excluding carboxylic acids is 2. The Morgan fingerprint density at radius 1 is 1.08 bits per heavy atom. The average molecular weight is 450 g/mol. The van der Waals surface area contributed by atoms with E-state index in [4.69, 9.17) is 4.74 Å². The minimum absolute atomic E-state index is 0.271. The molecule has 1 unspecified atom stereocenters. The monoisotopic (exact) mass is 450 g/mol. The van der Waals surface area contributed by atoms with E-state index in [0.29, 0.717) is 5.69 Å². The highest BCUT2D eigenvalue weighted by Crippen LogP contribution is 2.13.